The first-order valence-corrected chi connectivity index (χ1v) is 6.19. The summed E-state index contributed by atoms with van der Waals surface area (Å²) in [6.45, 7) is 8.07. The molecule has 4 heteroatoms. The predicted octanol–water partition coefficient (Wildman–Crippen LogP) is 1.06. The van der Waals surface area contributed by atoms with Crippen molar-refractivity contribution in [3.8, 4) is 0 Å². The Hall–Kier alpha value is -0.610. The molecule has 0 spiro atoms. The Kier molecular flexibility index (Phi) is 5.22. The number of carbonyl (C=O) groups excluding carboxylic acids is 1. The highest BCUT2D eigenvalue weighted by Crippen LogP contribution is 2.18. The molecule has 0 aromatic heterocycles. The van der Waals surface area contributed by atoms with Crippen LogP contribution in [0.5, 0.6) is 0 Å². The van der Waals surface area contributed by atoms with Crippen LogP contribution in [0.4, 0.5) is 0 Å². The Morgan fingerprint density at radius 1 is 1.50 bits per heavy atom. The van der Waals surface area contributed by atoms with E-state index in [-0.39, 0.29) is 17.6 Å². The Morgan fingerprint density at radius 2 is 2.25 bits per heavy atom. The highest BCUT2D eigenvalue weighted by molar-refractivity contribution is 5.85. The maximum atomic E-state index is 11.9. The number of nitrogens with one attached hydrogen (secondary N) is 2. The molecule has 0 aliphatic carbocycles. The maximum absolute atomic E-state index is 11.9. The van der Waals surface area contributed by atoms with Gasteiger partial charge < -0.3 is 15.4 Å². The number of rotatable bonds is 5. The van der Waals surface area contributed by atoms with E-state index >= 15 is 0 Å². The molecule has 0 aromatic carbocycles. The first kappa shape index (κ1) is 13.5. The van der Waals surface area contributed by atoms with Crippen molar-refractivity contribution in [2.75, 3.05) is 19.7 Å². The van der Waals surface area contributed by atoms with Gasteiger partial charge in [-0.05, 0) is 46.6 Å². The van der Waals surface area contributed by atoms with Crippen LogP contribution in [-0.4, -0.2) is 37.2 Å². The van der Waals surface area contributed by atoms with Crippen LogP contribution in [0.1, 0.15) is 40.0 Å². The Morgan fingerprint density at radius 3 is 2.81 bits per heavy atom. The van der Waals surface area contributed by atoms with E-state index in [1.807, 2.05) is 20.8 Å². The van der Waals surface area contributed by atoms with Crippen LogP contribution >= 0.6 is 0 Å². The molecule has 1 fully saturated rings. The van der Waals surface area contributed by atoms with Crippen LogP contribution in [0.25, 0.3) is 0 Å². The molecular weight excluding hydrogens is 204 g/mol. The van der Waals surface area contributed by atoms with Gasteiger partial charge in [0.05, 0.1) is 18.2 Å². The standard InChI is InChI=1S/C12H24N2O2/c1-10(2)16-9-8-13-11(15)12(3)6-4-5-7-14-12/h10,14H,4-9H2,1-3H3,(H,13,15). The molecule has 0 saturated carbocycles. The molecule has 1 unspecified atom stereocenters. The van der Waals surface area contributed by atoms with Crippen molar-refractivity contribution in [1.82, 2.24) is 10.6 Å². The fraction of sp³-hybridized carbons (Fsp3) is 0.917. The number of amides is 1. The lowest BCUT2D eigenvalue weighted by Gasteiger charge is -2.33. The summed E-state index contributed by atoms with van der Waals surface area (Å²) in [7, 11) is 0. The predicted molar refractivity (Wildman–Crippen MR) is 64.4 cm³/mol. The van der Waals surface area contributed by atoms with Gasteiger partial charge in [-0.15, -0.1) is 0 Å². The van der Waals surface area contributed by atoms with Gasteiger partial charge in [-0.3, -0.25) is 4.79 Å². The van der Waals surface area contributed by atoms with Crippen molar-refractivity contribution in [3.05, 3.63) is 0 Å². The van der Waals surface area contributed by atoms with Crippen molar-refractivity contribution < 1.29 is 9.53 Å². The number of carbonyl (C=O) groups is 1. The zero-order valence-electron chi connectivity index (χ0n) is 10.6. The van der Waals surface area contributed by atoms with Crippen molar-refractivity contribution in [2.24, 2.45) is 0 Å². The number of hydrogen-bond acceptors (Lipinski definition) is 3. The molecule has 1 rings (SSSR count). The lowest BCUT2D eigenvalue weighted by molar-refractivity contribution is -0.128. The minimum atomic E-state index is -0.379. The molecule has 1 aliphatic heterocycles. The quantitative estimate of drug-likeness (QED) is 0.692. The molecule has 4 nitrogen and oxygen atoms in total. The summed E-state index contributed by atoms with van der Waals surface area (Å²) in [4.78, 5) is 11.9. The van der Waals surface area contributed by atoms with Crippen LogP contribution in [0.2, 0.25) is 0 Å². The van der Waals surface area contributed by atoms with Gasteiger partial charge in [-0.2, -0.15) is 0 Å². The summed E-state index contributed by atoms with van der Waals surface area (Å²) in [6.07, 6.45) is 3.43. The minimum Gasteiger partial charge on any atom is -0.377 e. The summed E-state index contributed by atoms with van der Waals surface area (Å²) in [5.41, 5.74) is -0.379. The van der Waals surface area contributed by atoms with Gasteiger partial charge >= 0.3 is 0 Å². The molecule has 1 aliphatic rings. The van der Waals surface area contributed by atoms with Gasteiger partial charge in [0.1, 0.15) is 0 Å². The van der Waals surface area contributed by atoms with Crippen molar-refractivity contribution in [1.29, 1.82) is 0 Å². The second-order valence-corrected chi connectivity index (χ2v) is 4.89. The highest BCUT2D eigenvalue weighted by atomic mass is 16.5. The lowest BCUT2D eigenvalue weighted by Crippen LogP contribution is -2.57. The summed E-state index contributed by atoms with van der Waals surface area (Å²) >= 11 is 0. The van der Waals surface area contributed by atoms with E-state index in [4.69, 9.17) is 4.74 Å². The smallest absolute Gasteiger partial charge is 0.240 e. The molecule has 94 valence electrons. The van der Waals surface area contributed by atoms with Gasteiger partial charge in [-0.25, -0.2) is 0 Å². The average molecular weight is 228 g/mol. The first-order chi connectivity index (χ1) is 7.54. The van der Waals surface area contributed by atoms with Gasteiger partial charge in [0.15, 0.2) is 0 Å². The molecule has 1 atom stereocenters. The lowest BCUT2D eigenvalue weighted by atomic mass is 9.90. The average Bonchev–Trinajstić information content (AvgIpc) is 2.25. The first-order valence-electron chi connectivity index (χ1n) is 6.19. The monoisotopic (exact) mass is 228 g/mol. The number of ether oxygens (including phenoxy) is 1. The molecule has 1 heterocycles. The van der Waals surface area contributed by atoms with Crippen LogP contribution in [0.3, 0.4) is 0 Å². The largest absolute Gasteiger partial charge is 0.377 e. The fourth-order valence-corrected chi connectivity index (χ4v) is 1.90. The van der Waals surface area contributed by atoms with E-state index in [1.54, 1.807) is 0 Å². The zero-order valence-corrected chi connectivity index (χ0v) is 10.6. The van der Waals surface area contributed by atoms with Crippen LogP contribution in [-0.2, 0) is 9.53 Å². The summed E-state index contributed by atoms with van der Waals surface area (Å²) in [5.74, 6) is 0.0968. The molecule has 1 saturated heterocycles. The number of hydrogen-bond donors (Lipinski definition) is 2. The van der Waals surface area contributed by atoms with Gasteiger partial charge in [0, 0.05) is 6.54 Å². The highest BCUT2D eigenvalue weighted by Gasteiger charge is 2.33. The van der Waals surface area contributed by atoms with Gasteiger partial charge in [0.25, 0.3) is 0 Å². The Labute approximate surface area is 98.1 Å². The minimum absolute atomic E-state index is 0.0968. The molecule has 0 radical (unpaired) electrons. The van der Waals surface area contributed by atoms with E-state index < -0.39 is 0 Å². The van der Waals surface area contributed by atoms with E-state index in [2.05, 4.69) is 10.6 Å². The molecule has 0 bridgehead atoms. The van der Waals surface area contributed by atoms with E-state index in [1.165, 1.54) is 6.42 Å². The summed E-state index contributed by atoms with van der Waals surface area (Å²) < 4.78 is 5.38. The van der Waals surface area contributed by atoms with E-state index in [0.29, 0.717) is 13.2 Å². The second-order valence-electron chi connectivity index (χ2n) is 4.89. The fourth-order valence-electron chi connectivity index (χ4n) is 1.90. The zero-order chi connectivity index (χ0) is 12.0. The van der Waals surface area contributed by atoms with E-state index in [9.17, 15) is 4.79 Å². The maximum Gasteiger partial charge on any atom is 0.240 e. The summed E-state index contributed by atoms with van der Waals surface area (Å²) in [6, 6.07) is 0. The van der Waals surface area contributed by atoms with Gasteiger partial charge in [0.2, 0.25) is 5.91 Å². The normalized spacial score (nSPS) is 25.8. The molecule has 0 aromatic rings. The second kappa shape index (κ2) is 6.21. The van der Waals surface area contributed by atoms with Crippen LogP contribution in [0, 0.1) is 0 Å². The third kappa shape index (κ3) is 4.10. The molecule has 16 heavy (non-hydrogen) atoms. The van der Waals surface area contributed by atoms with Gasteiger partial charge in [-0.1, -0.05) is 0 Å². The van der Waals surface area contributed by atoms with Crippen molar-refractivity contribution in [2.45, 2.75) is 51.7 Å². The van der Waals surface area contributed by atoms with Crippen LogP contribution < -0.4 is 10.6 Å². The molecule has 1 amide bonds. The summed E-state index contributed by atoms with van der Waals surface area (Å²) in [5, 5.41) is 6.21. The van der Waals surface area contributed by atoms with E-state index in [0.717, 1.165) is 19.4 Å². The topological polar surface area (TPSA) is 50.4 Å². The number of piperidine rings is 1. The Balaban J connectivity index is 2.23. The van der Waals surface area contributed by atoms with Crippen LogP contribution in [0.15, 0.2) is 0 Å². The molecule has 2 N–H and O–H groups in total. The third-order valence-corrected chi connectivity index (χ3v) is 2.96. The van der Waals surface area contributed by atoms with Crippen molar-refractivity contribution >= 4 is 5.91 Å². The third-order valence-electron chi connectivity index (χ3n) is 2.96. The molecular formula is C12H24N2O2. The van der Waals surface area contributed by atoms with Crippen molar-refractivity contribution in [3.63, 3.8) is 0 Å². The Bertz CT molecular complexity index is 223. The SMILES string of the molecule is CC(C)OCCNC(=O)C1(C)CCCCN1.